The summed E-state index contributed by atoms with van der Waals surface area (Å²) in [6, 6.07) is 8.36. The van der Waals surface area contributed by atoms with Crippen LogP contribution in [0.2, 0.25) is 0 Å². The van der Waals surface area contributed by atoms with Gasteiger partial charge in [-0.15, -0.1) is 5.10 Å². The molecule has 0 radical (unpaired) electrons. The molecule has 5 atom stereocenters. The second-order valence-electron chi connectivity index (χ2n) is 12.5. The van der Waals surface area contributed by atoms with Crippen molar-refractivity contribution in [2.75, 3.05) is 32.9 Å². The van der Waals surface area contributed by atoms with Crippen LogP contribution in [0.25, 0.3) is 0 Å². The highest BCUT2D eigenvalue weighted by atomic mass is 31.2. The molecule has 6 N–H and O–H groups in total. The molecule has 0 saturated carbocycles. The predicted octanol–water partition coefficient (Wildman–Crippen LogP) is 5.40. The van der Waals surface area contributed by atoms with Gasteiger partial charge in [0.05, 0.1) is 19.8 Å². The molecule has 16 heteroatoms. The molecule has 56 heavy (non-hydrogen) atoms. The fourth-order valence-corrected chi connectivity index (χ4v) is 6.37. The first-order valence-electron chi connectivity index (χ1n) is 18.9. The summed E-state index contributed by atoms with van der Waals surface area (Å²) in [5, 5.41) is 30.5. The molecule has 1 aromatic carbocycles. The minimum atomic E-state index is -4.04. The van der Waals surface area contributed by atoms with E-state index in [0.717, 1.165) is 49.5 Å². The van der Waals surface area contributed by atoms with Crippen molar-refractivity contribution in [3.05, 3.63) is 115 Å². The van der Waals surface area contributed by atoms with Crippen LogP contribution in [0, 0.1) is 0 Å². The number of amides is 2. The number of benzene rings is 1. The molecule has 1 saturated heterocycles. The van der Waals surface area contributed by atoms with Crippen molar-refractivity contribution in [2.45, 2.75) is 82.8 Å². The number of carbonyl (C=O) groups excluding carboxylic acids is 2. The molecule has 5 unspecified atom stereocenters. The van der Waals surface area contributed by atoms with Crippen LogP contribution in [-0.4, -0.2) is 88.0 Å². The summed E-state index contributed by atoms with van der Waals surface area (Å²) in [4.78, 5) is 27.3. The molecular formula is C40H57N6O9P. The molecule has 306 valence electrons. The average molecular weight is 797 g/mol. The van der Waals surface area contributed by atoms with Crippen molar-refractivity contribution < 1.29 is 42.9 Å². The zero-order valence-electron chi connectivity index (χ0n) is 32.0. The minimum Gasteiger partial charge on any atom is -0.413 e. The van der Waals surface area contributed by atoms with E-state index in [9.17, 15) is 24.4 Å². The zero-order chi connectivity index (χ0) is 40.3. The Morgan fingerprint density at radius 2 is 1.46 bits per heavy atom. The van der Waals surface area contributed by atoms with Crippen LogP contribution in [0.3, 0.4) is 0 Å². The van der Waals surface area contributed by atoms with Gasteiger partial charge in [-0.3, -0.25) is 14.1 Å². The molecular weight excluding hydrogens is 739 g/mol. The third kappa shape index (κ3) is 18.4. The Kier molecular flexibility index (Phi) is 22.3. The van der Waals surface area contributed by atoms with Gasteiger partial charge in [0, 0.05) is 19.5 Å². The van der Waals surface area contributed by atoms with Crippen LogP contribution in [0.5, 0.6) is 5.75 Å². The lowest BCUT2D eigenvalue weighted by Crippen LogP contribution is -2.34. The number of primary amides is 1. The Hall–Kier alpha value is -4.47. The maximum absolute atomic E-state index is 13.7. The zero-order valence-corrected chi connectivity index (χ0v) is 32.9. The standard InChI is InChI=1S/C40H57N6O9P/c1-2-3-4-5-6-7-8-9-10-11-12-13-14-15-16-17-18-19-23-26-35(47)42-27-29-52-30-28-44-56(51,55-33-24-21-20-22-25-33)53-31-34-36(48)37(49)40(54-34)46-32-43-39(45-46)38(41)50/h3-4,6-7,9-10,12-13,15-16,18-22,24-25,32,34,36-37,40,48-49H,2,5,8,11,14,17,23,26-31H2,1H3,(H2,41,50)(H,42,47)(H,44,51). The molecule has 1 fully saturated rings. The largest absolute Gasteiger partial charge is 0.458 e. The van der Waals surface area contributed by atoms with E-state index in [1.807, 2.05) is 12.2 Å². The van der Waals surface area contributed by atoms with Crippen LogP contribution >= 0.6 is 7.75 Å². The third-order valence-electron chi connectivity index (χ3n) is 7.96. The van der Waals surface area contributed by atoms with Gasteiger partial charge in [-0.25, -0.2) is 19.3 Å². The number of allylic oxidation sites excluding steroid dienone is 12. The maximum Gasteiger partial charge on any atom is 0.458 e. The van der Waals surface area contributed by atoms with Crippen molar-refractivity contribution in [2.24, 2.45) is 5.73 Å². The van der Waals surface area contributed by atoms with Gasteiger partial charge in [0.25, 0.3) is 5.91 Å². The number of nitrogens with two attached hydrogens (primary N) is 1. The number of nitrogens with one attached hydrogen (secondary N) is 2. The number of aromatic nitrogens is 3. The van der Waals surface area contributed by atoms with Crippen LogP contribution < -0.4 is 20.7 Å². The second kappa shape index (κ2) is 27.2. The molecule has 3 rings (SSSR count). The minimum absolute atomic E-state index is 0.0644. The summed E-state index contributed by atoms with van der Waals surface area (Å²) in [5.41, 5.74) is 5.19. The van der Waals surface area contributed by atoms with E-state index in [2.05, 4.69) is 88.2 Å². The smallest absolute Gasteiger partial charge is 0.413 e. The SMILES string of the molecule is CCC=CCC=CCC=CCC=CCC=CCC=CCCC(=O)NCCOCCNP(=O)(OCC1OC(n2cnc(C(N)=O)n2)C(O)C1O)Oc1ccccc1. The molecule has 1 aromatic heterocycles. The van der Waals surface area contributed by atoms with Crippen LogP contribution in [0.4, 0.5) is 0 Å². The summed E-state index contributed by atoms with van der Waals surface area (Å²) in [6.45, 7) is 2.43. The Balaban J connectivity index is 1.26. The van der Waals surface area contributed by atoms with Crippen molar-refractivity contribution in [1.82, 2.24) is 25.2 Å². The van der Waals surface area contributed by atoms with Crippen molar-refractivity contribution in [3.63, 3.8) is 0 Å². The number of nitrogens with zero attached hydrogens (tertiary/aromatic N) is 3. The normalized spacial score (nSPS) is 20.1. The van der Waals surface area contributed by atoms with Gasteiger partial charge >= 0.3 is 7.75 Å². The second-order valence-corrected chi connectivity index (χ2v) is 14.2. The van der Waals surface area contributed by atoms with E-state index in [0.29, 0.717) is 19.4 Å². The first-order valence-corrected chi connectivity index (χ1v) is 20.5. The van der Waals surface area contributed by atoms with Crippen LogP contribution in [-0.2, 0) is 23.4 Å². The van der Waals surface area contributed by atoms with Gasteiger partial charge < -0.3 is 35.3 Å². The highest BCUT2D eigenvalue weighted by molar-refractivity contribution is 7.52. The molecule has 15 nitrogen and oxygen atoms in total. The number of para-hydroxylation sites is 1. The highest BCUT2D eigenvalue weighted by Crippen LogP contribution is 2.45. The summed E-state index contributed by atoms with van der Waals surface area (Å²) in [5.74, 6) is -0.978. The van der Waals surface area contributed by atoms with Gasteiger partial charge in [0.2, 0.25) is 11.7 Å². The van der Waals surface area contributed by atoms with Crippen LogP contribution in [0.15, 0.2) is 110 Å². The lowest BCUT2D eigenvalue weighted by molar-refractivity contribution is -0.121. The number of carbonyl (C=O) groups is 2. The lowest BCUT2D eigenvalue weighted by Gasteiger charge is -2.22. The van der Waals surface area contributed by atoms with E-state index in [1.54, 1.807) is 30.3 Å². The van der Waals surface area contributed by atoms with Gasteiger partial charge in [-0.2, -0.15) is 0 Å². The van der Waals surface area contributed by atoms with E-state index in [1.165, 1.54) is 0 Å². The summed E-state index contributed by atoms with van der Waals surface area (Å²) in [6.07, 6.45) is 28.3. The molecule has 1 aliphatic rings. The molecule has 2 aromatic rings. The Morgan fingerprint density at radius 1 is 0.875 bits per heavy atom. The molecule has 2 amide bonds. The van der Waals surface area contributed by atoms with Crippen molar-refractivity contribution in [1.29, 1.82) is 0 Å². The summed E-state index contributed by atoms with van der Waals surface area (Å²) >= 11 is 0. The molecule has 0 spiro atoms. The maximum atomic E-state index is 13.7. The first-order chi connectivity index (χ1) is 27.2. The quantitative estimate of drug-likeness (QED) is 0.0417. The number of aliphatic hydroxyl groups is 2. The van der Waals surface area contributed by atoms with Crippen molar-refractivity contribution >= 4 is 19.6 Å². The van der Waals surface area contributed by atoms with Crippen LogP contribution in [0.1, 0.15) is 75.1 Å². The van der Waals surface area contributed by atoms with E-state index >= 15 is 0 Å². The molecule has 2 heterocycles. The molecule has 0 bridgehead atoms. The Bertz CT molecular complexity index is 1660. The molecule has 1 aliphatic heterocycles. The van der Waals surface area contributed by atoms with Crippen molar-refractivity contribution in [3.8, 4) is 5.75 Å². The van der Waals surface area contributed by atoms with E-state index in [4.69, 9.17) is 24.3 Å². The monoisotopic (exact) mass is 796 g/mol. The van der Waals surface area contributed by atoms with Gasteiger partial charge in [-0.05, 0) is 57.1 Å². The number of rotatable bonds is 28. The van der Waals surface area contributed by atoms with Gasteiger partial charge in [0.15, 0.2) is 6.23 Å². The van der Waals surface area contributed by atoms with Gasteiger partial charge in [0.1, 0.15) is 30.4 Å². The van der Waals surface area contributed by atoms with E-state index in [-0.39, 0.29) is 37.2 Å². The first kappa shape index (κ1) is 45.9. The fraction of sp³-hybridized carbons (Fsp3) is 0.450. The average Bonchev–Trinajstić information content (AvgIpc) is 3.79. The van der Waals surface area contributed by atoms with E-state index < -0.39 is 44.8 Å². The number of ether oxygens (including phenoxy) is 2. The highest BCUT2D eigenvalue weighted by Gasteiger charge is 2.45. The number of aliphatic hydroxyl groups excluding tert-OH is 2. The molecule has 0 aliphatic carbocycles. The summed E-state index contributed by atoms with van der Waals surface area (Å²) < 4.78 is 37.3. The van der Waals surface area contributed by atoms with Gasteiger partial charge in [-0.1, -0.05) is 98.0 Å². The topological polar surface area (TPSA) is 209 Å². The Morgan fingerprint density at radius 3 is 2.05 bits per heavy atom. The summed E-state index contributed by atoms with van der Waals surface area (Å²) in [7, 11) is -4.04. The number of hydrogen-bond donors (Lipinski definition) is 5. The predicted molar refractivity (Wildman–Crippen MR) is 214 cm³/mol. The Labute approximate surface area is 329 Å². The number of hydrogen-bond acceptors (Lipinski definition) is 11. The third-order valence-corrected chi connectivity index (χ3v) is 9.51. The lowest BCUT2D eigenvalue weighted by atomic mass is 10.1. The fourth-order valence-electron chi connectivity index (χ4n) is 5.05.